The van der Waals surface area contributed by atoms with E-state index in [2.05, 4.69) is 34.6 Å². The average molecular weight is 249 g/mol. The molecule has 1 aromatic heterocycles. The molecule has 1 aliphatic rings. The predicted octanol–water partition coefficient (Wildman–Crippen LogP) is 2.41. The Balaban J connectivity index is 2.11. The van der Waals surface area contributed by atoms with Crippen molar-refractivity contribution in [1.82, 2.24) is 9.97 Å². The van der Waals surface area contributed by atoms with Gasteiger partial charge in [0, 0.05) is 18.0 Å². The number of nitrogens with one attached hydrogen (secondary N) is 2. The standard InChI is InChI=1S/C13H23N5/c1-8(2)11-16-12(9(3)13(17-11)18-14)15-7-6-10-4-5-10/h8,10H,4-7,14H2,1-3H3,(H2,15,16,17,18). The summed E-state index contributed by atoms with van der Waals surface area (Å²) in [5.74, 6) is 9.17. The highest BCUT2D eigenvalue weighted by molar-refractivity contribution is 5.56. The van der Waals surface area contributed by atoms with E-state index in [0.717, 1.165) is 29.7 Å². The lowest BCUT2D eigenvalue weighted by Crippen LogP contribution is -2.16. The highest BCUT2D eigenvalue weighted by Crippen LogP contribution is 2.32. The number of hydrogen-bond donors (Lipinski definition) is 3. The number of aromatic nitrogens is 2. The molecule has 100 valence electrons. The van der Waals surface area contributed by atoms with Gasteiger partial charge >= 0.3 is 0 Å². The van der Waals surface area contributed by atoms with Gasteiger partial charge in [-0.15, -0.1) is 0 Å². The summed E-state index contributed by atoms with van der Waals surface area (Å²) in [7, 11) is 0. The summed E-state index contributed by atoms with van der Waals surface area (Å²) in [5.41, 5.74) is 3.64. The molecule has 2 rings (SSSR count). The van der Waals surface area contributed by atoms with Gasteiger partial charge in [-0.3, -0.25) is 0 Å². The number of nitrogens with zero attached hydrogens (tertiary/aromatic N) is 2. The molecule has 0 aliphatic heterocycles. The van der Waals surface area contributed by atoms with Crippen molar-refractivity contribution < 1.29 is 0 Å². The third-order valence-corrected chi connectivity index (χ3v) is 3.36. The average Bonchev–Trinajstić information content (AvgIpc) is 3.15. The first-order valence-electron chi connectivity index (χ1n) is 6.70. The molecule has 1 aliphatic carbocycles. The van der Waals surface area contributed by atoms with E-state index in [1.54, 1.807) is 0 Å². The maximum Gasteiger partial charge on any atom is 0.148 e. The van der Waals surface area contributed by atoms with Crippen molar-refractivity contribution in [2.24, 2.45) is 11.8 Å². The fourth-order valence-electron chi connectivity index (χ4n) is 1.91. The monoisotopic (exact) mass is 249 g/mol. The lowest BCUT2D eigenvalue weighted by Gasteiger charge is -2.14. The van der Waals surface area contributed by atoms with E-state index in [4.69, 9.17) is 5.84 Å². The van der Waals surface area contributed by atoms with E-state index in [0.29, 0.717) is 11.7 Å². The van der Waals surface area contributed by atoms with Crippen molar-refractivity contribution in [3.8, 4) is 0 Å². The molecule has 0 unspecified atom stereocenters. The van der Waals surface area contributed by atoms with Crippen molar-refractivity contribution in [3.63, 3.8) is 0 Å². The molecule has 0 atom stereocenters. The van der Waals surface area contributed by atoms with Crippen molar-refractivity contribution in [2.45, 2.75) is 46.0 Å². The fourth-order valence-corrected chi connectivity index (χ4v) is 1.91. The van der Waals surface area contributed by atoms with Crippen LogP contribution >= 0.6 is 0 Å². The second kappa shape index (κ2) is 5.52. The SMILES string of the molecule is Cc1c(NN)nc(C(C)C)nc1NCCC1CC1. The zero-order chi connectivity index (χ0) is 13.1. The number of hydrazine groups is 1. The quantitative estimate of drug-likeness (QED) is 0.533. The number of anilines is 2. The van der Waals surface area contributed by atoms with E-state index in [1.165, 1.54) is 19.3 Å². The predicted molar refractivity (Wildman–Crippen MR) is 74.5 cm³/mol. The first kappa shape index (κ1) is 13.1. The second-order valence-electron chi connectivity index (χ2n) is 5.36. The van der Waals surface area contributed by atoms with Gasteiger partial charge < -0.3 is 10.7 Å². The van der Waals surface area contributed by atoms with Crippen molar-refractivity contribution in [2.75, 3.05) is 17.3 Å². The van der Waals surface area contributed by atoms with Gasteiger partial charge in [0.15, 0.2) is 0 Å². The van der Waals surface area contributed by atoms with Crippen LogP contribution in [0.4, 0.5) is 11.6 Å². The van der Waals surface area contributed by atoms with Crippen LogP contribution in [0.3, 0.4) is 0 Å². The van der Waals surface area contributed by atoms with Crippen molar-refractivity contribution in [1.29, 1.82) is 0 Å². The lowest BCUT2D eigenvalue weighted by atomic mass is 10.2. The molecule has 1 heterocycles. The molecular formula is C13H23N5. The zero-order valence-electron chi connectivity index (χ0n) is 11.5. The first-order chi connectivity index (χ1) is 8.61. The van der Waals surface area contributed by atoms with Crippen LogP contribution in [0.5, 0.6) is 0 Å². The van der Waals surface area contributed by atoms with Crippen molar-refractivity contribution >= 4 is 11.6 Å². The molecule has 1 aromatic rings. The van der Waals surface area contributed by atoms with E-state index in [1.807, 2.05) is 6.92 Å². The Morgan fingerprint density at radius 3 is 2.50 bits per heavy atom. The van der Waals surface area contributed by atoms with Crippen LogP contribution in [-0.2, 0) is 0 Å². The van der Waals surface area contributed by atoms with Crippen molar-refractivity contribution in [3.05, 3.63) is 11.4 Å². The lowest BCUT2D eigenvalue weighted by molar-refractivity contribution is 0.747. The van der Waals surface area contributed by atoms with Crippen LogP contribution in [0.15, 0.2) is 0 Å². The normalized spacial score (nSPS) is 14.9. The Morgan fingerprint density at radius 1 is 1.28 bits per heavy atom. The van der Waals surface area contributed by atoms with Gasteiger partial charge in [-0.25, -0.2) is 15.8 Å². The first-order valence-corrected chi connectivity index (χ1v) is 6.70. The minimum absolute atomic E-state index is 0.293. The molecular weight excluding hydrogens is 226 g/mol. The van der Waals surface area contributed by atoms with E-state index >= 15 is 0 Å². The molecule has 5 nitrogen and oxygen atoms in total. The summed E-state index contributed by atoms with van der Waals surface area (Å²) in [5, 5.41) is 3.41. The maximum atomic E-state index is 5.51. The minimum atomic E-state index is 0.293. The molecule has 0 amide bonds. The summed E-state index contributed by atoms with van der Waals surface area (Å²) < 4.78 is 0. The number of rotatable bonds is 6. The Labute approximate surface area is 109 Å². The van der Waals surface area contributed by atoms with Crippen LogP contribution in [0.2, 0.25) is 0 Å². The molecule has 0 saturated heterocycles. The number of hydrogen-bond acceptors (Lipinski definition) is 5. The van der Waals surface area contributed by atoms with Gasteiger partial charge in [0.2, 0.25) is 0 Å². The number of nitrogen functional groups attached to an aromatic ring is 1. The third-order valence-electron chi connectivity index (χ3n) is 3.36. The third kappa shape index (κ3) is 3.10. The number of nitrogens with two attached hydrogens (primary N) is 1. The van der Waals surface area contributed by atoms with Gasteiger partial charge in [-0.05, 0) is 19.3 Å². The zero-order valence-corrected chi connectivity index (χ0v) is 11.5. The van der Waals surface area contributed by atoms with E-state index < -0.39 is 0 Å². The van der Waals surface area contributed by atoms with Gasteiger partial charge in [0.05, 0.1) is 0 Å². The molecule has 0 bridgehead atoms. The Kier molecular flexibility index (Phi) is 4.01. The van der Waals surface area contributed by atoms with Crippen LogP contribution in [0, 0.1) is 12.8 Å². The molecule has 1 fully saturated rings. The van der Waals surface area contributed by atoms with Gasteiger partial charge in [0.1, 0.15) is 17.5 Å². The second-order valence-corrected chi connectivity index (χ2v) is 5.36. The van der Waals surface area contributed by atoms with Crippen LogP contribution in [0.1, 0.15) is 50.4 Å². The Morgan fingerprint density at radius 2 is 1.94 bits per heavy atom. The summed E-state index contributed by atoms with van der Waals surface area (Å²) in [6, 6.07) is 0. The Hall–Kier alpha value is -1.36. The largest absolute Gasteiger partial charge is 0.370 e. The molecule has 0 spiro atoms. The Bertz CT molecular complexity index is 412. The summed E-state index contributed by atoms with van der Waals surface area (Å²) in [6.07, 6.45) is 4.00. The molecule has 5 heteroatoms. The molecule has 0 radical (unpaired) electrons. The topological polar surface area (TPSA) is 75.9 Å². The van der Waals surface area contributed by atoms with Crippen LogP contribution in [-0.4, -0.2) is 16.5 Å². The summed E-state index contributed by atoms with van der Waals surface area (Å²) in [4.78, 5) is 9.00. The van der Waals surface area contributed by atoms with Crippen LogP contribution < -0.4 is 16.6 Å². The van der Waals surface area contributed by atoms with Gasteiger partial charge in [-0.1, -0.05) is 26.7 Å². The highest BCUT2D eigenvalue weighted by Gasteiger charge is 2.20. The molecule has 1 saturated carbocycles. The summed E-state index contributed by atoms with van der Waals surface area (Å²) in [6.45, 7) is 7.13. The van der Waals surface area contributed by atoms with E-state index in [-0.39, 0.29) is 0 Å². The summed E-state index contributed by atoms with van der Waals surface area (Å²) >= 11 is 0. The minimum Gasteiger partial charge on any atom is -0.370 e. The van der Waals surface area contributed by atoms with Gasteiger partial charge in [0.25, 0.3) is 0 Å². The fraction of sp³-hybridized carbons (Fsp3) is 0.692. The van der Waals surface area contributed by atoms with Gasteiger partial charge in [-0.2, -0.15) is 0 Å². The van der Waals surface area contributed by atoms with Crippen LogP contribution in [0.25, 0.3) is 0 Å². The molecule has 0 aromatic carbocycles. The highest BCUT2D eigenvalue weighted by atomic mass is 15.3. The smallest absolute Gasteiger partial charge is 0.148 e. The molecule has 18 heavy (non-hydrogen) atoms. The molecule has 4 N–H and O–H groups in total. The van der Waals surface area contributed by atoms with E-state index in [9.17, 15) is 0 Å². The maximum absolute atomic E-state index is 5.51.